The minimum Gasteiger partial charge on any atom is -0.0616 e. The monoisotopic (exact) mass is 488 g/mol. The maximum absolute atomic E-state index is 2.47. The maximum atomic E-state index is 2.47. The van der Waals surface area contributed by atoms with Crippen LogP contribution < -0.4 is 10.4 Å². The van der Waals surface area contributed by atoms with Crippen molar-refractivity contribution in [3.05, 3.63) is 149 Å². The van der Waals surface area contributed by atoms with Crippen molar-refractivity contribution in [3.8, 4) is 22.3 Å². The van der Waals surface area contributed by atoms with E-state index in [1.807, 2.05) is 0 Å². The zero-order valence-corrected chi connectivity index (χ0v) is 23.1. The van der Waals surface area contributed by atoms with Crippen LogP contribution in [0.4, 0.5) is 0 Å². The van der Waals surface area contributed by atoms with Crippen molar-refractivity contribution in [1.82, 2.24) is 0 Å². The third-order valence-corrected chi connectivity index (χ3v) is 8.54. The molecule has 7 rings (SSSR count). The number of benzene rings is 5. The molecule has 0 amide bonds. The Kier molecular flexibility index (Phi) is 4.94. The van der Waals surface area contributed by atoms with E-state index in [0.717, 1.165) is 0 Å². The van der Waals surface area contributed by atoms with E-state index in [9.17, 15) is 0 Å². The zero-order valence-electron chi connectivity index (χ0n) is 23.1. The minimum absolute atomic E-state index is 1.32. The molecule has 5 aromatic carbocycles. The second-order valence-corrected chi connectivity index (χ2v) is 11.4. The normalized spacial score (nSPS) is 12.4. The lowest BCUT2D eigenvalue weighted by molar-refractivity contribution is 1.29. The summed E-state index contributed by atoms with van der Waals surface area (Å²) < 4.78 is 0. The molecule has 0 spiro atoms. The highest BCUT2D eigenvalue weighted by Crippen LogP contribution is 2.38. The van der Waals surface area contributed by atoms with Crippen LogP contribution in [0.25, 0.3) is 34.4 Å². The fraction of sp³-hybridized carbons (Fsp3) is 0.158. The molecule has 184 valence electrons. The standard InChI is InChI=1S/C38H32/c1-21-15-23(3)36(24(4)16-21)32-14-13-31-30-12-11-29-28-10-8-7-9-27(28)19-33(29)34(30)20-35(31)38(32)37-25(5)17-22(2)18-26(37)6/h7-20H,1-6H3. The van der Waals surface area contributed by atoms with Gasteiger partial charge >= 0.3 is 0 Å². The maximum Gasteiger partial charge on any atom is -0.00208 e. The molecule has 0 unspecified atom stereocenters. The lowest BCUT2D eigenvalue weighted by Crippen LogP contribution is -2.11. The fourth-order valence-corrected chi connectivity index (χ4v) is 7.25. The summed E-state index contributed by atoms with van der Waals surface area (Å²) in [6, 6.07) is 27.5. The molecule has 0 atom stereocenters. The van der Waals surface area contributed by atoms with E-state index >= 15 is 0 Å². The van der Waals surface area contributed by atoms with Gasteiger partial charge in [0.2, 0.25) is 0 Å². The number of hydrogen-bond donors (Lipinski definition) is 0. The second-order valence-electron chi connectivity index (χ2n) is 11.4. The summed E-state index contributed by atoms with van der Waals surface area (Å²) in [7, 11) is 0. The molecule has 0 heteroatoms. The second kappa shape index (κ2) is 8.17. The van der Waals surface area contributed by atoms with Gasteiger partial charge in [-0.2, -0.15) is 0 Å². The summed E-state index contributed by atoms with van der Waals surface area (Å²) in [5.74, 6) is 0. The van der Waals surface area contributed by atoms with Crippen LogP contribution in [0.3, 0.4) is 0 Å². The van der Waals surface area contributed by atoms with Gasteiger partial charge in [-0.1, -0.05) is 83.9 Å². The summed E-state index contributed by atoms with van der Waals surface area (Å²) >= 11 is 0. The predicted molar refractivity (Wildman–Crippen MR) is 160 cm³/mol. The van der Waals surface area contributed by atoms with Crippen molar-refractivity contribution < 1.29 is 0 Å². The summed E-state index contributed by atoms with van der Waals surface area (Å²) in [5.41, 5.74) is 16.1. The number of rotatable bonds is 2. The first-order valence-corrected chi connectivity index (χ1v) is 13.6. The van der Waals surface area contributed by atoms with Gasteiger partial charge in [-0.05, 0) is 141 Å². The van der Waals surface area contributed by atoms with Gasteiger partial charge in [0.15, 0.2) is 0 Å². The smallest absolute Gasteiger partial charge is 0.00208 e. The molecular formula is C38H32. The summed E-state index contributed by atoms with van der Waals surface area (Å²) in [5, 5.41) is 8.04. The van der Waals surface area contributed by atoms with Crippen molar-refractivity contribution in [3.63, 3.8) is 0 Å². The van der Waals surface area contributed by atoms with E-state index in [4.69, 9.17) is 0 Å². The van der Waals surface area contributed by atoms with Gasteiger partial charge in [-0.25, -0.2) is 0 Å². The molecule has 0 fully saturated rings. The Hall–Kier alpha value is -4.16. The molecule has 0 saturated carbocycles. The zero-order chi connectivity index (χ0) is 26.3. The Labute approximate surface area is 224 Å². The van der Waals surface area contributed by atoms with Gasteiger partial charge in [0.05, 0.1) is 0 Å². The highest BCUT2D eigenvalue weighted by molar-refractivity contribution is 5.91. The average Bonchev–Trinajstić information content (AvgIpc) is 3.42. The van der Waals surface area contributed by atoms with Crippen LogP contribution in [-0.2, 0) is 0 Å². The predicted octanol–water partition coefficient (Wildman–Crippen LogP) is 7.73. The van der Waals surface area contributed by atoms with Crippen LogP contribution in [-0.4, -0.2) is 0 Å². The third kappa shape index (κ3) is 3.23. The summed E-state index contributed by atoms with van der Waals surface area (Å²) in [6.45, 7) is 13.5. The first kappa shape index (κ1) is 23.0. The largest absolute Gasteiger partial charge is 0.0616 e. The Morgan fingerprint density at radius 3 is 1.61 bits per heavy atom. The Morgan fingerprint density at radius 2 is 0.947 bits per heavy atom. The van der Waals surface area contributed by atoms with Gasteiger partial charge in [0.1, 0.15) is 0 Å². The van der Waals surface area contributed by atoms with Crippen molar-refractivity contribution >= 4 is 12.2 Å². The fourth-order valence-electron chi connectivity index (χ4n) is 7.25. The lowest BCUT2D eigenvalue weighted by Gasteiger charge is -2.20. The first-order chi connectivity index (χ1) is 18.3. The minimum atomic E-state index is 1.32. The lowest BCUT2D eigenvalue weighted by atomic mass is 9.84. The molecule has 0 saturated heterocycles. The third-order valence-electron chi connectivity index (χ3n) is 8.54. The van der Waals surface area contributed by atoms with Crippen LogP contribution in [0.1, 0.15) is 44.5 Å². The first-order valence-electron chi connectivity index (χ1n) is 13.6. The molecule has 0 nitrogen and oxygen atoms in total. The van der Waals surface area contributed by atoms with E-state index < -0.39 is 0 Å². The molecule has 0 N–H and O–H groups in total. The Balaban J connectivity index is 1.66. The quantitative estimate of drug-likeness (QED) is 0.234. The highest BCUT2D eigenvalue weighted by Gasteiger charge is 2.21. The van der Waals surface area contributed by atoms with Crippen LogP contribution >= 0.6 is 0 Å². The average molecular weight is 489 g/mol. The number of aryl methyl sites for hydroxylation is 6. The van der Waals surface area contributed by atoms with E-state index in [1.165, 1.54) is 98.1 Å². The molecule has 2 aliphatic carbocycles. The summed E-state index contributed by atoms with van der Waals surface area (Å²) in [4.78, 5) is 0. The van der Waals surface area contributed by atoms with E-state index in [1.54, 1.807) is 0 Å². The number of fused-ring (bicyclic) bond motifs is 5. The molecule has 0 radical (unpaired) electrons. The molecule has 0 aromatic heterocycles. The topological polar surface area (TPSA) is 0 Å². The van der Waals surface area contributed by atoms with Crippen molar-refractivity contribution in [2.75, 3.05) is 0 Å². The van der Waals surface area contributed by atoms with Crippen LogP contribution in [0.15, 0.2) is 72.8 Å². The van der Waals surface area contributed by atoms with Crippen LogP contribution in [0, 0.1) is 62.4 Å². The van der Waals surface area contributed by atoms with Crippen molar-refractivity contribution in [2.24, 2.45) is 0 Å². The van der Waals surface area contributed by atoms with E-state index in [-0.39, 0.29) is 0 Å². The Morgan fingerprint density at radius 1 is 0.421 bits per heavy atom. The summed E-state index contributed by atoms with van der Waals surface area (Å²) in [6.07, 6.45) is 4.85. The molecule has 2 aliphatic rings. The van der Waals surface area contributed by atoms with E-state index in [0.29, 0.717) is 0 Å². The Bertz CT molecular complexity index is 2130. The molecule has 38 heavy (non-hydrogen) atoms. The van der Waals surface area contributed by atoms with Gasteiger partial charge in [-0.15, -0.1) is 0 Å². The van der Waals surface area contributed by atoms with Crippen LogP contribution in [0.5, 0.6) is 0 Å². The molecular weight excluding hydrogens is 456 g/mol. The van der Waals surface area contributed by atoms with Gasteiger partial charge < -0.3 is 0 Å². The number of hydrogen-bond acceptors (Lipinski definition) is 0. The van der Waals surface area contributed by atoms with Crippen molar-refractivity contribution in [1.29, 1.82) is 0 Å². The molecule has 5 aromatic rings. The van der Waals surface area contributed by atoms with Crippen LogP contribution in [0.2, 0.25) is 0 Å². The van der Waals surface area contributed by atoms with Gasteiger partial charge in [-0.3, -0.25) is 0 Å². The highest BCUT2D eigenvalue weighted by atomic mass is 14.2. The van der Waals surface area contributed by atoms with Gasteiger partial charge in [0, 0.05) is 0 Å². The SMILES string of the molecule is Cc1cc(C)c(-c2ccc3c(c2-c2c(C)cc(C)cc2C)=Cc2c4c(ccc2=3)=c2ccccc2=C4)c(C)c1. The molecule has 0 heterocycles. The molecule has 0 aliphatic heterocycles. The van der Waals surface area contributed by atoms with Gasteiger partial charge in [0.25, 0.3) is 0 Å². The van der Waals surface area contributed by atoms with Crippen molar-refractivity contribution in [2.45, 2.75) is 41.5 Å². The van der Waals surface area contributed by atoms with E-state index in [2.05, 4.69) is 126 Å². The molecule has 0 bridgehead atoms.